The minimum absolute atomic E-state index is 0.138. The van der Waals surface area contributed by atoms with E-state index in [9.17, 15) is 14.0 Å². The van der Waals surface area contributed by atoms with Crippen molar-refractivity contribution >= 4 is 58.0 Å². The Bertz CT molecular complexity index is 1630. The quantitative estimate of drug-likeness (QED) is 0.273. The number of carbonyl (C=O) groups excluding carboxylic acids is 2. The van der Waals surface area contributed by atoms with Gasteiger partial charge in [0.05, 0.1) is 27.6 Å². The molecule has 2 unspecified atom stereocenters. The minimum Gasteiger partial charge on any atom is -0.469 e. The number of rotatable bonds is 6. The SMILES string of the molecule is CC(Oc1ncc(F)cc1C(=O)NC1N=C(c2c(Cl)cc(Cl)cc2Cl)c2ccccc2NC1=O)c1cccnc1. The van der Waals surface area contributed by atoms with Crippen LogP contribution in [0.4, 0.5) is 10.1 Å². The van der Waals surface area contributed by atoms with Gasteiger partial charge in [0.1, 0.15) is 17.5 Å². The number of aromatic nitrogens is 2. The summed E-state index contributed by atoms with van der Waals surface area (Å²) in [5.41, 5.74) is 1.98. The first kappa shape index (κ1) is 27.5. The maximum Gasteiger partial charge on any atom is 0.269 e. The van der Waals surface area contributed by atoms with E-state index in [1.54, 1.807) is 55.7 Å². The lowest BCUT2D eigenvalue weighted by molar-refractivity contribution is -0.117. The van der Waals surface area contributed by atoms with E-state index in [1.807, 2.05) is 0 Å². The maximum absolute atomic E-state index is 14.2. The van der Waals surface area contributed by atoms with E-state index < -0.39 is 29.9 Å². The molecule has 0 radical (unpaired) electrons. The van der Waals surface area contributed by atoms with Crippen molar-refractivity contribution in [2.75, 3.05) is 5.32 Å². The number of aliphatic imine (C=N–C) groups is 1. The zero-order valence-electron chi connectivity index (χ0n) is 20.7. The average Bonchev–Trinajstić information content (AvgIpc) is 3.05. The van der Waals surface area contributed by atoms with E-state index in [0.717, 1.165) is 12.3 Å². The molecule has 1 aliphatic heterocycles. The second kappa shape index (κ2) is 11.6. The number of carbonyl (C=O) groups is 2. The number of halogens is 4. The lowest BCUT2D eigenvalue weighted by atomic mass is 10.0. The number of anilines is 1. The highest BCUT2D eigenvalue weighted by atomic mass is 35.5. The molecule has 0 spiro atoms. The molecule has 0 aliphatic carbocycles. The van der Waals surface area contributed by atoms with Crippen molar-refractivity contribution in [1.82, 2.24) is 15.3 Å². The summed E-state index contributed by atoms with van der Waals surface area (Å²) in [4.78, 5) is 39.2. The Hall–Kier alpha value is -4.05. The number of benzene rings is 2. The standard InChI is InChI=1S/C28H19Cl3FN5O3/c1-14(15-5-4-8-33-12-15)40-28-19(11-17(32)13-34-28)26(38)37-25-27(39)35-22-7-3-2-6-18(22)24(36-25)23-20(30)9-16(29)10-21(23)31/h2-14,25H,1H3,(H,35,39)(H,37,38). The lowest BCUT2D eigenvalue weighted by Gasteiger charge is -2.18. The molecular weight excluding hydrogens is 580 g/mol. The van der Waals surface area contributed by atoms with Crippen LogP contribution in [-0.4, -0.2) is 33.7 Å². The zero-order chi connectivity index (χ0) is 28.4. The molecule has 2 aromatic carbocycles. The third kappa shape index (κ3) is 5.77. The van der Waals surface area contributed by atoms with Crippen molar-refractivity contribution in [2.24, 2.45) is 4.99 Å². The number of ether oxygens (including phenoxy) is 1. The summed E-state index contributed by atoms with van der Waals surface area (Å²) in [6, 6.07) is 14.4. The van der Waals surface area contributed by atoms with Crippen LogP contribution in [0.2, 0.25) is 15.1 Å². The van der Waals surface area contributed by atoms with E-state index in [2.05, 4.69) is 25.6 Å². The topological polar surface area (TPSA) is 106 Å². The molecule has 40 heavy (non-hydrogen) atoms. The fourth-order valence-electron chi connectivity index (χ4n) is 4.06. The predicted octanol–water partition coefficient (Wildman–Crippen LogP) is 6.26. The number of benzodiazepines with no additional fused rings is 1. The summed E-state index contributed by atoms with van der Waals surface area (Å²) in [6.07, 6.45) is 2.13. The van der Waals surface area contributed by atoms with Gasteiger partial charge in [-0.3, -0.25) is 14.6 Å². The largest absolute Gasteiger partial charge is 0.469 e. The smallest absolute Gasteiger partial charge is 0.269 e. The number of pyridine rings is 2. The van der Waals surface area contributed by atoms with Gasteiger partial charge in [-0.05, 0) is 37.3 Å². The molecule has 5 rings (SSSR count). The van der Waals surface area contributed by atoms with Crippen LogP contribution >= 0.6 is 34.8 Å². The van der Waals surface area contributed by atoms with Crippen LogP contribution in [-0.2, 0) is 4.79 Å². The monoisotopic (exact) mass is 597 g/mol. The van der Waals surface area contributed by atoms with Gasteiger partial charge in [0.15, 0.2) is 0 Å². The van der Waals surface area contributed by atoms with E-state index in [1.165, 1.54) is 12.1 Å². The molecule has 202 valence electrons. The van der Waals surface area contributed by atoms with Crippen molar-refractivity contribution in [3.8, 4) is 5.88 Å². The van der Waals surface area contributed by atoms with Gasteiger partial charge in [-0.2, -0.15) is 0 Å². The van der Waals surface area contributed by atoms with Crippen molar-refractivity contribution < 1.29 is 18.7 Å². The first-order valence-electron chi connectivity index (χ1n) is 11.9. The third-order valence-electron chi connectivity index (χ3n) is 5.96. The Balaban J connectivity index is 1.52. The van der Waals surface area contributed by atoms with Gasteiger partial charge >= 0.3 is 0 Å². The predicted molar refractivity (Wildman–Crippen MR) is 151 cm³/mol. The van der Waals surface area contributed by atoms with Gasteiger partial charge < -0.3 is 15.4 Å². The summed E-state index contributed by atoms with van der Waals surface area (Å²) < 4.78 is 20.1. The zero-order valence-corrected chi connectivity index (χ0v) is 22.9. The first-order valence-corrected chi connectivity index (χ1v) is 13.0. The number of para-hydroxylation sites is 1. The Morgan fingerprint density at radius 2 is 1.82 bits per heavy atom. The Labute approximate surface area is 243 Å². The number of amides is 2. The number of hydrogen-bond donors (Lipinski definition) is 2. The van der Waals surface area contributed by atoms with E-state index in [4.69, 9.17) is 39.5 Å². The van der Waals surface area contributed by atoms with E-state index in [0.29, 0.717) is 27.4 Å². The van der Waals surface area contributed by atoms with Crippen molar-refractivity contribution in [1.29, 1.82) is 0 Å². The highest BCUT2D eigenvalue weighted by Gasteiger charge is 2.30. The number of hydrogen-bond acceptors (Lipinski definition) is 6. The number of nitrogens with one attached hydrogen (secondary N) is 2. The van der Waals surface area contributed by atoms with Crippen LogP contribution in [0.1, 0.15) is 40.1 Å². The Kier molecular flexibility index (Phi) is 7.97. The second-order valence-corrected chi connectivity index (χ2v) is 9.94. The van der Waals surface area contributed by atoms with Crippen LogP contribution in [0.15, 0.2) is 78.2 Å². The summed E-state index contributed by atoms with van der Waals surface area (Å²) in [6.45, 7) is 1.73. The van der Waals surface area contributed by atoms with Crippen LogP contribution in [0, 0.1) is 5.82 Å². The lowest BCUT2D eigenvalue weighted by Crippen LogP contribution is -2.42. The van der Waals surface area contributed by atoms with Crippen molar-refractivity contribution in [2.45, 2.75) is 19.2 Å². The molecule has 2 atom stereocenters. The molecule has 0 saturated heterocycles. The number of nitrogens with zero attached hydrogens (tertiary/aromatic N) is 3. The summed E-state index contributed by atoms with van der Waals surface area (Å²) in [5.74, 6) is -2.40. The fourth-order valence-corrected chi connectivity index (χ4v) is 5.06. The van der Waals surface area contributed by atoms with Gasteiger partial charge in [-0.25, -0.2) is 14.4 Å². The van der Waals surface area contributed by atoms with Crippen LogP contribution in [0.3, 0.4) is 0 Å². The second-order valence-electron chi connectivity index (χ2n) is 8.69. The highest BCUT2D eigenvalue weighted by molar-refractivity contribution is 6.44. The molecule has 3 heterocycles. The molecule has 0 bridgehead atoms. The fraction of sp³-hybridized carbons (Fsp3) is 0.107. The van der Waals surface area contributed by atoms with E-state index >= 15 is 0 Å². The van der Waals surface area contributed by atoms with Crippen LogP contribution in [0.5, 0.6) is 5.88 Å². The summed E-state index contributed by atoms with van der Waals surface area (Å²) in [7, 11) is 0. The number of fused-ring (bicyclic) bond motifs is 1. The minimum atomic E-state index is -1.45. The third-order valence-corrected chi connectivity index (χ3v) is 6.78. The van der Waals surface area contributed by atoms with E-state index in [-0.39, 0.29) is 27.2 Å². The molecule has 2 N–H and O–H groups in total. The molecule has 12 heteroatoms. The molecule has 0 saturated carbocycles. The molecule has 2 aromatic heterocycles. The normalized spacial score (nSPS) is 15.3. The Morgan fingerprint density at radius 3 is 2.55 bits per heavy atom. The molecule has 2 amide bonds. The molecule has 4 aromatic rings. The summed E-state index contributed by atoms with van der Waals surface area (Å²) >= 11 is 19.1. The Morgan fingerprint density at radius 1 is 1.07 bits per heavy atom. The van der Waals surface area contributed by atoms with Crippen molar-refractivity contribution in [3.63, 3.8) is 0 Å². The first-order chi connectivity index (χ1) is 19.2. The van der Waals surface area contributed by atoms with Gasteiger partial charge in [0.2, 0.25) is 12.0 Å². The van der Waals surface area contributed by atoms with Gasteiger partial charge in [-0.1, -0.05) is 59.1 Å². The van der Waals surface area contributed by atoms with Crippen LogP contribution < -0.4 is 15.4 Å². The van der Waals surface area contributed by atoms with Crippen molar-refractivity contribution in [3.05, 3.63) is 116 Å². The van der Waals surface area contributed by atoms with Gasteiger partial charge in [0, 0.05) is 34.1 Å². The molecule has 1 aliphatic rings. The summed E-state index contributed by atoms with van der Waals surface area (Å²) in [5, 5.41) is 5.99. The van der Waals surface area contributed by atoms with Gasteiger partial charge in [-0.15, -0.1) is 0 Å². The molecule has 8 nitrogen and oxygen atoms in total. The van der Waals surface area contributed by atoms with Crippen LogP contribution in [0.25, 0.3) is 0 Å². The van der Waals surface area contributed by atoms with Gasteiger partial charge in [0.25, 0.3) is 11.8 Å². The highest BCUT2D eigenvalue weighted by Crippen LogP contribution is 2.34. The maximum atomic E-state index is 14.2. The molecule has 0 fully saturated rings. The molecular formula is C28H19Cl3FN5O3. The average molecular weight is 599 g/mol.